The SMILES string of the molecule is O=C(OCc1nnc(-c2ccc([N+](=O)[O-])cc2)o1)c1ccc(F)cc1Cl. The molecule has 0 fully saturated rings. The van der Waals surface area contributed by atoms with Crippen molar-refractivity contribution in [2.24, 2.45) is 0 Å². The lowest BCUT2D eigenvalue weighted by Crippen LogP contribution is -2.06. The molecule has 0 N–H and O–H groups in total. The van der Waals surface area contributed by atoms with Crippen LogP contribution < -0.4 is 0 Å². The van der Waals surface area contributed by atoms with E-state index in [0.717, 1.165) is 12.1 Å². The summed E-state index contributed by atoms with van der Waals surface area (Å²) >= 11 is 5.79. The van der Waals surface area contributed by atoms with Crippen LogP contribution >= 0.6 is 11.6 Å². The van der Waals surface area contributed by atoms with Gasteiger partial charge in [-0.2, -0.15) is 0 Å². The summed E-state index contributed by atoms with van der Waals surface area (Å²) in [5, 5.41) is 18.1. The van der Waals surface area contributed by atoms with Crippen molar-refractivity contribution in [3.63, 3.8) is 0 Å². The first-order valence-corrected chi connectivity index (χ1v) is 7.51. The second kappa shape index (κ2) is 7.28. The number of carbonyl (C=O) groups excluding carboxylic acids is 1. The highest BCUT2D eigenvalue weighted by Crippen LogP contribution is 2.22. The molecule has 0 radical (unpaired) electrons. The van der Waals surface area contributed by atoms with Gasteiger partial charge in [0.15, 0.2) is 6.61 Å². The number of aromatic nitrogens is 2. The Morgan fingerprint density at radius 3 is 2.62 bits per heavy atom. The Hall–Kier alpha value is -3.33. The monoisotopic (exact) mass is 377 g/mol. The van der Waals surface area contributed by atoms with Gasteiger partial charge in [-0.05, 0) is 30.3 Å². The van der Waals surface area contributed by atoms with Crippen LogP contribution in [0.15, 0.2) is 46.9 Å². The number of hydrogen-bond acceptors (Lipinski definition) is 7. The predicted molar refractivity (Wildman–Crippen MR) is 86.9 cm³/mol. The van der Waals surface area contributed by atoms with Crippen LogP contribution in [0.1, 0.15) is 16.2 Å². The summed E-state index contributed by atoms with van der Waals surface area (Å²) in [6.07, 6.45) is 0. The summed E-state index contributed by atoms with van der Waals surface area (Å²) in [4.78, 5) is 22.1. The van der Waals surface area contributed by atoms with E-state index in [1.165, 1.54) is 30.3 Å². The molecular weight excluding hydrogens is 369 g/mol. The summed E-state index contributed by atoms with van der Waals surface area (Å²) < 4.78 is 23.3. The molecule has 132 valence electrons. The lowest BCUT2D eigenvalue weighted by molar-refractivity contribution is -0.384. The minimum atomic E-state index is -0.773. The van der Waals surface area contributed by atoms with E-state index in [-0.39, 0.29) is 34.7 Å². The number of esters is 1. The zero-order valence-corrected chi connectivity index (χ0v) is 13.6. The molecule has 3 aromatic rings. The zero-order valence-electron chi connectivity index (χ0n) is 12.9. The van der Waals surface area contributed by atoms with Crippen LogP contribution in [0.3, 0.4) is 0 Å². The van der Waals surface area contributed by atoms with Gasteiger partial charge in [0, 0.05) is 17.7 Å². The van der Waals surface area contributed by atoms with Crippen molar-refractivity contribution in [2.75, 3.05) is 0 Å². The van der Waals surface area contributed by atoms with Crippen molar-refractivity contribution in [1.29, 1.82) is 0 Å². The van der Waals surface area contributed by atoms with E-state index in [1.54, 1.807) is 0 Å². The molecule has 8 nitrogen and oxygen atoms in total. The van der Waals surface area contributed by atoms with Crippen LogP contribution in [0.25, 0.3) is 11.5 Å². The molecule has 0 atom stereocenters. The first-order valence-electron chi connectivity index (χ1n) is 7.13. The van der Waals surface area contributed by atoms with Crippen molar-refractivity contribution in [1.82, 2.24) is 10.2 Å². The summed E-state index contributed by atoms with van der Waals surface area (Å²) in [6.45, 7) is -0.313. The van der Waals surface area contributed by atoms with Crippen LogP contribution in [0.4, 0.5) is 10.1 Å². The van der Waals surface area contributed by atoms with Gasteiger partial charge in [-0.3, -0.25) is 10.1 Å². The molecule has 2 aromatic carbocycles. The smallest absolute Gasteiger partial charge is 0.340 e. The van der Waals surface area contributed by atoms with Crippen molar-refractivity contribution in [3.05, 3.63) is 74.9 Å². The van der Waals surface area contributed by atoms with Gasteiger partial charge >= 0.3 is 5.97 Å². The minimum Gasteiger partial charge on any atom is -0.452 e. The summed E-state index contributed by atoms with van der Waals surface area (Å²) in [7, 11) is 0. The van der Waals surface area contributed by atoms with Gasteiger partial charge in [0.2, 0.25) is 5.89 Å². The maximum absolute atomic E-state index is 13.0. The van der Waals surface area contributed by atoms with Crippen molar-refractivity contribution < 1.29 is 23.3 Å². The Kier molecular flexibility index (Phi) is 4.90. The molecule has 1 heterocycles. The molecule has 0 aliphatic rings. The van der Waals surface area contributed by atoms with Gasteiger partial charge < -0.3 is 9.15 Å². The maximum Gasteiger partial charge on any atom is 0.340 e. The quantitative estimate of drug-likeness (QED) is 0.378. The molecule has 0 saturated heterocycles. The van der Waals surface area contributed by atoms with E-state index in [4.69, 9.17) is 20.8 Å². The van der Waals surface area contributed by atoms with Gasteiger partial charge in [0.25, 0.3) is 11.6 Å². The van der Waals surface area contributed by atoms with Gasteiger partial charge in [-0.1, -0.05) is 11.6 Å². The highest BCUT2D eigenvalue weighted by atomic mass is 35.5. The Morgan fingerprint density at radius 1 is 1.23 bits per heavy atom. The number of nitrogens with zero attached hydrogens (tertiary/aromatic N) is 3. The highest BCUT2D eigenvalue weighted by Gasteiger charge is 2.16. The molecule has 26 heavy (non-hydrogen) atoms. The number of hydrogen-bond donors (Lipinski definition) is 0. The molecule has 0 saturated carbocycles. The predicted octanol–water partition coefficient (Wildman–Crippen LogP) is 3.79. The fourth-order valence-electron chi connectivity index (χ4n) is 2.01. The zero-order chi connectivity index (χ0) is 18.7. The normalized spacial score (nSPS) is 10.5. The molecule has 10 heteroatoms. The Morgan fingerprint density at radius 2 is 1.96 bits per heavy atom. The molecule has 0 spiro atoms. The lowest BCUT2D eigenvalue weighted by atomic mass is 10.2. The first-order chi connectivity index (χ1) is 12.4. The van der Waals surface area contributed by atoms with E-state index in [1.807, 2.05) is 0 Å². The van der Waals surface area contributed by atoms with Crippen molar-refractivity contribution >= 4 is 23.3 Å². The Balaban J connectivity index is 1.66. The third-order valence-corrected chi connectivity index (χ3v) is 3.58. The fraction of sp³-hybridized carbons (Fsp3) is 0.0625. The lowest BCUT2D eigenvalue weighted by Gasteiger charge is -2.04. The summed E-state index contributed by atoms with van der Waals surface area (Å²) in [5.74, 6) is -1.21. The number of nitro benzene ring substituents is 1. The van der Waals surface area contributed by atoms with E-state index in [2.05, 4.69) is 10.2 Å². The number of halogens is 2. The third kappa shape index (κ3) is 3.83. The molecule has 0 bridgehead atoms. The van der Waals surface area contributed by atoms with Crippen molar-refractivity contribution in [3.8, 4) is 11.5 Å². The standard InChI is InChI=1S/C16H9ClFN3O5/c17-13-7-10(18)3-6-12(13)16(22)25-8-14-19-20-15(26-14)9-1-4-11(5-2-9)21(23)24/h1-7H,8H2. The number of ether oxygens (including phenoxy) is 1. The van der Waals surface area contributed by atoms with Gasteiger partial charge in [-0.15, -0.1) is 10.2 Å². The average Bonchev–Trinajstić information content (AvgIpc) is 3.09. The number of carbonyl (C=O) groups is 1. The Labute approximate surface area is 150 Å². The second-order valence-corrected chi connectivity index (χ2v) is 5.41. The largest absolute Gasteiger partial charge is 0.452 e. The van der Waals surface area contributed by atoms with Crippen LogP contribution in [0.5, 0.6) is 0 Å². The van der Waals surface area contributed by atoms with Crippen molar-refractivity contribution in [2.45, 2.75) is 6.61 Å². The van der Waals surface area contributed by atoms with E-state index in [9.17, 15) is 19.3 Å². The molecule has 3 rings (SSSR count). The van der Waals surface area contributed by atoms with E-state index in [0.29, 0.717) is 5.56 Å². The van der Waals surface area contributed by atoms with Gasteiger partial charge in [-0.25, -0.2) is 9.18 Å². The van der Waals surface area contributed by atoms with E-state index < -0.39 is 16.7 Å². The van der Waals surface area contributed by atoms with Crippen LogP contribution in [-0.2, 0) is 11.3 Å². The second-order valence-electron chi connectivity index (χ2n) is 5.01. The minimum absolute atomic E-state index is 0.00294. The summed E-state index contributed by atoms with van der Waals surface area (Å²) in [5.41, 5.74) is 0.407. The van der Waals surface area contributed by atoms with Crippen LogP contribution in [0.2, 0.25) is 5.02 Å². The first kappa shape index (κ1) is 17.5. The molecule has 0 aliphatic heterocycles. The number of rotatable bonds is 5. The number of benzene rings is 2. The molecular formula is C16H9ClFN3O5. The van der Waals surface area contributed by atoms with E-state index >= 15 is 0 Å². The third-order valence-electron chi connectivity index (χ3n) is 3.27. The molecule has 0 unspecified atom stereocenters. The Bertz CT molecular complexity index is 974. The van der Waals surface area contributed by atoms with Gasteiger partial charge in [0.05, 0.1) is 15.5 Å². The number of nitro groups is 1. The molecule has 0 amide bonds. The summed E-state index contributed by atoms with van der Waals surface area (Å²) in [6, 6.07) is 8.81. The van der Waals surface area contributed by atoms with Crippen LogP contribution in [-0.4, -0.2) is 21.1 Å². The average molecular weight is 378 g/mol. The molecule has 1 aromatic heterocycles. The maximum atomic E-state index is 13.0. The highest BCUT2D eigenvalue weighted by molar-refractivity contribution is 6.33. The van der Waals surface area contributed by atoms with Gasteiger partial charge in [0.1, 0.15) is 5.82 Å². The molecule has 0 aliphatic carbocycles. The van der Waals surface area contributed by atoms with Crippen LogP contribution in [0, 0.1) is 15.9 Å². The number of non-ortho nitro benzene ring substituents is 1. The fourth-order valence-corrected chi connectivity index (χ4v) is 2.26. The topological polar surface area (TPSA) is 108 Å².